The summed E-state index contributed by atoms with van der Waals surface area (Å²) in [7, 11) is 0. The molecule has 4 aromatic rings. The van der Waals surface area contributed by atoms with Crippen LogP contribution in [0, 0.1) is 0 Å². The van der Waals surface area contributed by atoms with Gasteiger partial charge >= 0.3 is 0 Å². The van der Waals surface area contributed by atoms with E-state index in [0.29, 0.717) is 38.3 Å². The highest BCUT2D eigenvalue weighted by molar-refractivity contribution is 6.42. The molecular formula is C23H21Cl2N3O2. The van der Waals surface area contributed by atoms with Crippen molar-refractivity contribution in [3.05, 3.63) is 76.5 Å². The molecule has 1 amide bonds. The lowest BCUT2D eigenvalue weighted by atomic mass is 10.00. The molecule has 4 rings (SSSR count). The number of pyridine rings is 1. The maximum atomic E-state index is 12.7. The highest BCUT2D eigenvalue weighted by Crippen LogP contribution is 2.32. The van der Waals surface area contributed by atoms with Gasteiger partial charge in [-0.25, -0.2) is 4.98 Å². The van der Waals surface area contributed by atoms with E-state index in [2.05, 4.69) is 15.3 Å². The Morgan fingerprint density at radius 2 is 1.80 bits per heavy atom. The van der Waals surface area contributed by atoms with Crippen molar-refractivity contribution in [1.82, 2.24) is 9.97 Å². The van der Waals surface area contributed by atoms with Gasteiger partial charge in [0.2, 0.25) is 11.8 Å². The van der Waals surface area contributed by atoms with Gasteiger partial charge in [-0.05, 0) is 48.9 Å². The van der Waals surface area contributed by atoms with E-state index in [9.17, 15) is 4.79 Å². The summed E-state index contributed by atoms with van der Waals surface area (Å²) in [6.45, 7) is 5.78. The zero-order valence-electron chi connectivity index (χ0n) is 16.8. The summed E-state index contributed by atoms with van der Waals surface area (Å²) in [4.78, 5) is 21.2. The van der Waals surface area contributed by atoms with Crippen molar-refractivity contribution in [1.29, 1.82) is 0 Å². The Balaban J connectivity index is 0.00000124. The lowest BCUT2D eigenvalue weighted by Crippen LogP contribution is -2.19. The third-order valence-electron chi connectivity index (χ3n) is 4.42. The minimum Gasteiger partial charge on any atom is -0.436 e. The van der Waals surface area contributed by atoms with Crippen molar-refractivity contribution in [2.24, 2.45) is 0 Å². The van der Waals surface area contributed by atoms with Gasteiger partial charge in [0.05, 0.1) is 16.0 Å². The molecule has 1 atom stereocenters. The zero-order valence-corrected chi connectivity index (χ0v) is 18.3. The Morgan fingerprint density at radius 1 is 1.07 bits per heavy atom. The quantitative estimate of drug-likeness (QED) is 0.371. The molecule has 0 bridgehead atoms. The molecule has 0 radical (unpaired) electrons. The van der Waals surface area contributed by atoms with E-state index in [0.717, 1.165) is 5.56 Å². The molecule has 0 aliphatic carbocycles. The van der Waals surface area contributed by atoms with Gasteiger partial charge in [0.15, 0.2) is 5.58 Å². The molecule has 30 heavy (non-hydrogen) atoms. The van der Waals surface area contributed by atoms with Crippen molar-refractivity contribution in [2.45, 2.75) is 26.7 Å². The largest absolute Gasteiger partial charge is 0.436 e. The summed E-state index contributed by atoms with van der Waals surface area (Å²) in [5.74, 6) is -0.159. The van der Waals surface area contributed by atoms with E-state index in [4.69, 9.17) is 27.6 Å². The average Bonchev–Trinajstić information content (AvgIpc) is 3.21. The first-order chi connectivity index (χ1) is 14.5. The SMILES string of the molecule is CC.CC(C(=O)Nc1ccc2oc(-c3ccncc3)nc2c1)c1cccc(Cl)c1Cl. The number of fused-ring (bicyclic) bond motifs is 1. The predicted octanol–water partition coefficient (Wildman–Crippen LogP) is 6.97. The summed E-state index contributed by atoms with van der Waals surface area (Å²) < 4.78 is 5.78. The lowest BCUT2D eigenvalue weighted by Gasteiger charge is -2.14. The number of oxazole rings is 1. The highest BCUT2D eigenvalue weighted by Gasteiger charge is 2.20. The third kappa shape index (κ3) is 4.64. The number of anilines is 1. The predicted molar refractivity (Wildman–Crippen MR) is 122 cm³/mol. The number of aromatic nitrogens is 2. The number of carbonyl (C=O) groups is 1. The Bertz CT molecular complexity index is 1160. The van der Waals surface area contributed by atoms with E-state index in [1.807, 2.05) is 26.0 Å². The number of carbonyl (C=O) groups excluding carboxylic acids is 1. The van der Waals surface area contributed by atoms with Crippen molar-refractivity contribution in [2.75, 3.05) is 5.32 Å². The van der Waals surface area contributed by atoms with Crippen LogP contribution in [0.2, 0.25) is 10.0 Å². The van der Waals surface area contributed by atoms with Crippen LogP contribution in [-0.2, 0) is 4.79 Å². The molecule has 2 heterocycles. The number of hydrogen-bond donors (Lipinski definition) is 1. The Hall–Kier alpha value is -2.89. The lowest BCUT2D eigenvalue weighted by molar-refractivity contribution is -0.117. The third-order valence-corrected chi connectivity index (χ3v) is 5.26. The van der Waals surface area contributed by atoms with Crippen molar-refractivity contribution in [3.8, 4) is 11.5 Å². The van der Waals surface area contributed by atoms with Crippen molar-refractivity contribution in [3.63, 3.8) is 0 Å². The minimum absolute atomic E-state index is 0.193. The Labute approximate surface area is 185 Å². The van der Waals surface area contributed by atoms with Crippen LogP contribution < -0.4 is 5.32 Å². The summed E-state index contributed by atoms with van der Waals surface area (Å²) in [6.07, 6.45) is 3.36. The summed E-state index contributed by atoms with van der Waals surface area (Å²) in [6, 6.07) is 14.2. The number of rotatable bonds is 4. The number of benzene rings is 2. The van der Waals surface area contributed by atoms with E-state index in [1.54, 1.807) is 55.7 Å². The monoisotopic (exact) mass is 441 g/mol. The van der Waals surface area contributed by atoms with Crippen molar-refractivity contribution >= 4 is 45.9 Å². The molecule has 154 valence electrons. The first kappa shape index (κ1) is 21.8. The van der Waals surface area contributed by atoms with Crippen LogP contribution in [0.4, 0.5) is 5.69 Å². The fraction of sp³-hybridized carbons (Fsp3) is 0.174. The van der Waals surface area contributed by atoms with Crippen LogP contribution in [0.5, 0.6) is 0 Å². The number of nitrogens with one attached hydrogen (secondary N) is 1. The van der Waals surface area contributed by atoms with Crippen molar-refractivity contribution < 1.29 is 9.21 Å². The van der Waals surface area contributed by atoms with Gasteiger partial charge in [0.25, 0.3) is 0 Å². The number of halogens is 2. The van der Waals surface area contributed by atoms with E-state index < -0.39 is 5.92 Å². The Kier molecular flexibility index (Phi) is 7.08. The molecule has 2 aromatic carbocycles. The fourth-order valence-electron chi connectivity index (χ4n) is 2.87. The van der Waals surface area contributed by atoms with Crippen LogP contribution in [-0.4, -0.2) is 15.9 Å². The number of hydrogen-bond acceptors (Lipinski definition) is 4. The molecular weight excluding hydrogens is 421 g/mol. The first-order valence-electron chi connectivity index (χ1n) is 9.58. The molecule has 0 spiro atoms. The second-order valence-electron chi connectivity index (χ2n) is 6.29. The summed E-state index contributed by atoms with van der Waals surface area (Å²) in [5.41, 5.74) is 3.42. The molecule has 5 nitrogen and oxygen atoms in total. The van der Waals surface area contributed by atoms with Gasteiger partial charge in [-0.3, -0.25) is 9.78 Å². The van der Waals surface area contributed by atoms with Crippen LogP contribution >= 0.6 is 23.2 Å². The molecule has 0 aliphatic heterocycles. The Morgan fingerprint density at radius 3 is 2.53 bits per heavy atom. The number of nitrogens with zero attached hydrogens (tertiary/aromatic N) is 2. The fourth-order valence-corrected chi connectivity index (χ4v) is 3.34. The molecule has 1 N–H and O–H groups in total. The van der Waals surface area contributed by atoms with Gasteiger partial charge in [0, 0.05) is 23.6 Å². The van der Waals surface area contributed by atoms with Gasteiger partial charge < -0.3 is 9.73 Å². The standard InChI is InChI=1S/C21H15Cl2N3O2.C2H6/c1-12(15-3-2-4-16(22)19(15)23)20(27)25-14-5-6-18-17(11-14)26-21(28-18)13-7-9-24-10-8-13;1-2/h2-12H,1H3,(H,25,27);1-2H3. The second kappa shape index (κ2) is 9.74. The zero-order chi connectivity index (χ0) is 21.7. The molecule has 0 aliphatic rings. The molecule has 2 aromatic heterocycles. The van der Waals surface area contributed by atoms with Crippen LogP contribution in [0.15, 0.2) is 65.3 Å². The topological polar surface area (TPSA) is 68.0 Å². The molecule has 0 fully saturated rings. The first-order valence-corrected chi connectivity index (χ1v) is 10.3. The molecule has 7 heteroatoms. The highest BCUT2D eigenvalue weighted by atomic mass is 35.5. The summed E-state index contributed by atoms with van der Waals surface area (Å²) in [5, 5.41) is 3.71. The maximum Gasteiger partial charge on any atom is 0.231 e. The normalized spacial score (nSPS) is 11.5. The minimum atomic E-state index is -0.466. The van der Waals surface area contributed by atoms with Gasteiger partial charge in [0.1, 0.15) is 5.52 Å². The van der Waals surface area contributed by atoms with Crippen LogP contribution in [0.3, 0.4) is 0 Å². The van der Waals surface area contributed by atoms with Gasteiger partial charge in [-0.2, -0.15) is 0 Å². The second-order valence-corrected chi connectivity index (χ2v) is 7.08. The van der Waals surface area contributed by atoms with E-state index in [1.165, 1.54) is 0 Å². The van der Waals surface area contributed by atoms with E-state index >= 15 is 0 Å². The number of amides is 1. The van der Waals surface area contributed by atoms with Crippen LogP contribution in [0.25, 0.3) is 22.6 Å². The smallest absolute Gasteiger partial charge is 0.231 e. The molecule has 0 saturated heterocycles. The van der Waals surface area contributed by atoms with Gasteiger partial charge in [-0.1, -0.05) is 49.2 Å². The molecule has 0 saturated carbocycles. The molecule has 1 unspecified atom stereocenters. The summed E-state index contributed by atoms with van der Waals surface area (Å²) >= 11 is 12.3. The van der Waals surface area contributed by atoms with Crippen LogP contribution in [0.1, 0.15) is 32.3 Å². The van der Waals surface area contributed by atoms with Gasteiger partial charge in [-0.15, -0.1) is 0 Å². The van der Waals surface area contributed by atoms with E-state index in [-0.39, 0.29) is 5.91 Å². The average molecular weight is 442 g/mol. The maximum absolute atomic E-state index is 12.7.